The van der Waals surface area contributed by atoms with E-state index in [9.17, 15) is 18.0 Å². The van der Waals surface area contributed by atoms with E-state index < -0.39 is 28.2 Å². The fourth-order valence-corrected chi connectivity index (χ4v) is 4.01. The summed E-state index contributed by atoms with van der Waals surface area (Å²) in [5.74, 6) is -1.45. The van der Waals surface area contributed by atoms with Crippen LogP contribution in [-0.2, 0) is 28.9 Å². The number of sulfone groups is 1. The Morgan fingerprint density at radius 2 is 1.77 bits per heavy atom. The molecule has 144 valence electrons. The molecule has 0 radical (unpaired) electrons. The van der Waals surface area contributed by atoms with Crippen molar-refractivity contribution in [3.05, 3.63) is 29.3 Å². The number of esters is 1. The Bertz CT molecular complexity index is 739. The van der Waals surface area contributed by atoms with Gasteiger partial charge in [-0.15, -0.1) is 0 Å². The Morgan fingerprint density at radius 1 is 1.19 bits per heavy atom. The van der Waals surface area contributed by atoms with Gasteiger partial charge in [-0.05, 0) is 38.1 Å². The third-order valence-corrected chi connectivity index (χ3v) is 5.86. The minimum atomic E-state index is -3.62. The SMILES string of the molecule is C[C@H]1CN(C(=O)COC(=O)CCS(=O)(=O)c2ccc(Cl)cc2)C[C@H](C)O1. The molecule has 1 aliphatic rings. The lowest BCUT2D eigenvalue weighted by molar-refractivity contribution is -0.156. The molecule has 2 atom stereocenters. The predicted molar refractivity (Wildman–Crippen MR) is 95.7 cm³/mol. The number of ether oxygens (including phenoxy) is 2. The summed E-state index contributed by atoms with van der Waals surface area (Å²) in [5, 5.41) is 0.425. The number of nitrogens with zero attached hydrogens (tertiary/aromatic N) is 1. The number of carbonyl (C=O) groups excluding carboxylic acids is 2. The highest BCUT2D eigenvalue weighted by atomic mass is 35.5. The molecule has 2 rings (SSSR count). The summed E-state index contributed by atoms with van der Waals surface area (Å²) in [7, 11) is -3.62. The maximum absolute atomic E-state index is 12.2. The average molecular weight is 404 g/mol. The first kappa shape index (κ1) is 20.7. The first-order chi connectivity index (χ1) is 12.2. The Hall–Kier alpha value is -1.64. The summed E-state index contributed by atoms with van der Waals surface area (Å²) in [4.78, 5) is 25.6. The summed E-state index contributed by atoms with van der Waals surface area (Å²) in [5.41, 5.74) is 0. The van der Waals surface area contributed by atoms with Gasteiger partial charge in [-0.2, -0.15) is 0 Å². The highest BCUT2D eigenvalue weighted by Crippen LogP contribution is 2.16. The predicted octanol–water partition coefficient (Wildman–Crippen LogP) is 1.68. The van der Waals surface area contributed by atoms with Gasteiger partial charge < -0.3 is 14.4 Å². The molecule has 0 unspecified atom stereocenters. The van der Waals surface area contributed by atoms with E-state index in [4.69, 9.17) is 21.1 Å². The third kappa shape index (κ3) is 5.96. The van der Waals surface area contributed by atoms with E-state index in [0.717, 1.165) is 0 Å². The van der Waals surface area contributed by atoms with Crippen LogP contribution in [0.1, 0.15) is 20.3 Å². The molecule has 1 fully saturated rings. The van der Waals surface area contributed by atoms with E-state index in [1.165, 1.54) is 24.3 Å². The molecule has 0 bridgehead atoms. The van der Waals surface area contributed by atoms with Crippen molar-refractivity contribution in [3.8, 4) is 0 Å². The highest BCUT2D eigenvalue weighted by Gasteiger charge is 2.26. The van der Waals surface area contributed by atoms with Gasteiger partial charge in [0, 0.05) is 18.1 Å². The summed E-state index contributed by atoms with van der Waals surface area (Å²) >= 11 is 5.73. The molecule has 1 aromatic carbocycles. The van der Waals surface area contributed by atoms with Crippen molar-refractivity contribution in [2.45, 2.75) is 37.4 Å². The second-order valence-corrected chi connectivity index (χ2v) is 8.79. The summed E-state index contributed by atoms with van der Waals surface area (Å²) < 4.78 is 34.8. The smallest absolute Gasteiger partial charge is 0.307 e. The first-order valence-corrected chi connectivity index (χ1v) is 10.3. The van der Waals surface area contributed by atoms with Crippen LogP contribution in [0.2, 0.25) is 5.02 Å². The Kier molecular flexibility index (Phi) is 7.02. The standard InChI is InChI=1S/C17H22ClNO6S/c1-12-9-19(10-13(2)25-12)16(20)11-24-17(21)7-8-26(22,23)15-5-3-14(18)4-6-15/h3-6,12-13H,7-11H2,1-2H3/t12-,13-/m0/s1. The number of hydrogen-bond acceptors (Lipinski definition) is 6. The van der Waals surface area contributed by atoms with Gasteiger partial charge in [0.1, 0.15) is 0 Å². The zero-order valence-electron chi connectivity index (χ0n) is 14.7. The van der Waals surface area contributed by atoms with Crippen LogP contribution in [0.4, 0.5) is 0 Å². The van der Waals surface area contributed by atoms with Crippen molar-refractivity contribution in [3.63, 3.8) is 0 Å². The van der Waals surface area contributed by atoms with E-state index in [-0.39, 0.29) is 29.4 Å². The van der Waals surface area contributed by atoms with Gasteiger partial charge in [0.2, 0.25) is 0 Å². The number of morpholine rings is 1. The van der Waals surface area contributed by atoms with E-state index in [1.54, 1.807) is 4.90 Å². The third-order valence-electron chi connectivity index (χ3n) is 3.88. The normalized spacial score (nSPS) is 20.7. The zero-order valence-corrected chi connectivity index (χ0v) is 16.3. The van der Waals surface area contributed by atoms with Crippen molar-refractivity contribution < 1.29 is 27.5 Å². The molecule has 0 N–H and O–H groups in total. The minimum Gasteiger partial charge on any atom is -0.456 e. The minimum absolute atomic E-state index is 0.0806. The van der Waals surface area contributed by atoms with Crippen LogP contribution < -0.4 is 0 Å². The number of carbonyl (C=O) groups is 2. The molecule has 1 saturated heterocycles. The van der Waals surface area contributed by atoms with Crippen LogP contribution in [0.5, 0.6) is 0 Å². The molecule has 1 amide bonds. The van der Waals surface area contributed by atoms with Crippen molar-refractivity contribution in [2.75, 3.05) is 25.4 Å². The van der Waals surface area contributed by atoms with Gasteiger partial charge in [-0.3, -0.25) is 9.59 Å². The second-order valence-electron chi connectivity index (χ2n) is 6.24. The van der Waals surface area contributed by atoms with Crippen molar-refractivity contribution in [1.82, 2.24) is 4.90 Å². The molecule has 7 nitrogen and oxygen atoms in total. The van der Waals surface area contributed by atoms with Crippen LogP contribution in [0.15, 0.2) is 29.2 Å². The van der Waals surface area contributed by atoms with Gasteiger partial charge in [-0.1, -0.05) is 11.6 Å². The monoisotopic (exact) mass is 403 g/mol. The zero-order chi connectivity index (χ0) is 19.3. The van der Waals surface area contributed by atoms with Gasteiger partial charge in [0.15, 0.2) is 16.4 Å². The van der Waals surface area contributed by atoms with Crippen molar-refractivity contribution in [1.29, 1.82) is 0 Å². The van der Waals surface area contributed by atoms with Crippen LogP contribution in [0.3, 0.4) is 0 Å². The quantitative estimate of drug-likeness (QED) is 0.671. The lowest BCUT2D eigenvalue weighted by atomic mass is 10.2. The maximum Gasteiger partial charge on any atom is 0.307 e. The number of benzene rings is 1. The van der Waals surface area contributed by atoms with Gasteiger partial charge >= 0.3 is 5.97 Å². The molecule has 1 aromatic rings. The van der Waals surface area contributed by atoms with Gasteiger partial charge in [0.05, 0.1) is 29.3 Å². The van der Waals surface area contributed by atoms with Gasteiger partial charge in [-0.25, -0.2) is 8.42 Å². The van der Waals surface area contributed by atoms with Gasteiger partial charge in [0.25, 0.3) is 5.91 Å². The van der Waals surface area contributed by atoms with E-state index >= 15 is 0 Å². The number of halogens is 1. The molecule has 0 spiro atoms. The van der Waals surface area contributed by atoms with Crippen LogP contribution >= 0.6 is 11.6 Å². The van der Waals surface area contributed by atoms with Crippen LogP contribution in [0.25, 0.3) is 0 Å². The van der Waals surface area contributed by atoms with Crippen LogP contribution in [-0.4, -0.2) is 62.9 Å². The van der Waals surface area contributed by atoms with E-state index in [1.807, 2.05) is 13.8 Å². The van der Waals surface area contributed by atoms with Crippen molar-refractivity contribution in [2.24, 2.45) is 0 Å². The summed E-state index contributed by atoms with van der Waals surface area (Å²) in [6.07, 6.45) is -0.487. The largest absolute Gasteiger partial charge is 0.456 e. The Labute approximate surface area is 158 Å². The number of amides is 1. The Morgan fingerprint density at radius 3 is 2.35 bits per heavy atom. The Balaban J connectivity index is 1.79. The topological polar surface area (TPSA) is 90.0 Å². The number of hydrogen-bond donors (Lipinski definition) is 0. The molecular weight excluding hydrogens is 382 g/mol. The highest BCUT2D eigenvalue weighted by molar-refractivity contribution is 7.91. The van der Waals surface area contributed by atoms with Crippen LogP contribution in [0, 0.1) is 0 Å². The molecule has 0 aromatic heterocycles. The lowest BCUT2D eigenvalue weighted by Gasteiger charge is -2.35. The fourth-order valence-electron chi connectivity index (χ4n) is 2.66. The average Bonchev–Trinajstić information content (AvgIpc) is 2.57. The molecule has 0 aliphatic carbocycles. The molecule has 9 heteroatoms. The fraction of sp³-hybridized carbons (Fsp3) is 0.529. The lowest BCUT2D eigenvalue weighted by Crippen LogP contribution is -2.49. The molecule has 1 aliphatic heterocycles. The van der Waals surface area contributed by atoms with E-state index in [2.05, 4.69) is 0 Å². The summed E-state index contributed by atoms with van der Waals surface area (Å²) in [6.45, 7) is 4.20. The summed E-state index contributed by atoms with van der Waals surface area (Å²) in [6, 6.07) is 5.70. The van der Waals surface area contributed by atoms with E-state index in [0.29, 0.717) is 18.1 Å². The molecule has 26 heavy (non-hydrogen) atoms. The molecule has 1 heterocycles. The van der Waals surface area contributed by atoms with Crippen molar-refractivity contribution >= 4 is 33.3 Å². The number of rotatable bonds is 6. The molecular formula is C17H22ClNO6S. The first-order valence-electron chi connectivity index (χ1n) is 8.24. The molecule has 0 saturated carbocycles. The second kappa shape index (κ2) is 8.83. The maximum atomic E-state index is 12.2.